The maximum atomic E-state index is 13.0. The normalized spacial score (nSPS) is 22.4. The molecule has 0 radical (unpaired) electrons. The van der Waals surface area contributed by atoms with E-state index in [1.165, 1.54) is 11.1 Å². The van der Waals surface area contributed by atoms with Crippen molar-refractivity contribution in [3.63, 3.8) is 0 Å². The fourth-order valence-electron chi connectivity index (χ4n) is 3.98. The summed E-state index contributed by atoms with van der Waals surface area (Å²) >= 11 is 0. The molecule has 1 aliphatic heterocycles. The maximum absolute atomic E-state index is 13.0. The molecule has 1 aliphatic rings. The molecule has 0 aliphatic carbocycles. The van der Waals surface area contributed by atoms with Crippen LogP contribution in [0.15, 0.2) is 60.7 Å². The van der Waals surface area contributed by atoms with Crippen LogP contribution in [0.25, 0.3) is 0 Å². The first-order valence-corrected chi connectivity index (χ1v) is 9.58. The SMILES string of the molecule is CN(C(=O)OC(C)(C)C)[C@]1(Cc2ccccc2)CNC[C@H]1c1ccccc1. The van der Waals surface area contributed by atoms with Gasteiger partial charge in [0.2, 0.25) is 0 Å². The Labute approximate surface area is 162 Å². The summed E-state index contributed by atoms with van der Waals surface area (Å²) in [6.07, 6.45) is 0.499. The molecule has 0 unspecified atom stereocenters. The number of likely N-dealkylation sites (N-methyl/N-ethyl adjacent to an activating group) is 1. The highest BCUT2D eigenvalue weighted by atomic mass is 16.6. The standard InChI is InChI=1S/C23H30N2O2/c1-22(2,3)27-21(26)25(4)23(15-18-11-7-5-8-12-18)17-24-16-20(23)19-13-9-6-10-14-19/h5-14,20,24H,15-17H2,1-4H3/t20-,23+/m0/s1. The third-order valence-corrected chi connectivity index (χ3v) is 5.32. The molecule has 1 heterocycles. The summed E-state index contributed by atoms with van der Waals surface area (Å²) < 4.78 is 5.72. The molecular weight excluding hydrogens is 336 g/mol. The van der Waals surface area contributed by atoms with Gasteiger partial charge < -0.3 is 15.0 Å². The number of rotatable bonds is 4. The van der Waals surface area contributed by atoms with Gasteiger partial charge in [0.1, 0.15) is 5.60 Å². The summed E-state index contributed by atoms with van der Waals surface area (Å²) in [4.78, 5) is 14.8. The summed E-state index contributed by atoms with van der Waals surface area (Å²) in [5.41, 5.74) is 1.56. The Bertz CT molecular complexity index is 755. The molecule has 0 saturated carbocycles. The largest absolute Gasteiger partial charge is 0.444 e. The Balaban J connectivity index is 1.99. The number of ether oxygens (including phenoxy) is 1. The van der Waals surface area contributed by atoms with Crippen LogP contribution in [0.5, 0.6) is 0 Å². The van der Waals surface area contributed by atoms with Gasteiger partial charge in [-0.05, 0) is 38.3 Å². The molecule has 4 nitrogen and oxygen atoms in total. The molecule has 1 fully saturated rings. The van der Waals surface area contributed by atoms with Crippen molar-refractivity contribution >= 4 is 6.09 Å². The van der Waals surface area contributed by atoms with Crippen molar-refractivity contribution in [2.75, 3.05) is 20.1 Å². The van der Waals surface area contributed by atoms with Crippen molar-refractivity contribution in [1.29, 1.82) is 0 Å². The van der Waals surface area contributed by atoms with Crippen molar-refractivity contribution in [2.24, 2.45) is 0 Å². The number of nitrogens with one attached hydrogen (secondary N) is 1. The predicted molar refractivity (Wildman–Crippen MR) is 109 cm³/mol. The van der Waals surface area contributed by atoms with Gasteiger partial charge in [0.05, 0.1) is 5.54 Å². The monoisotopic (exact) mass is 366 g/mol. The van der Waals surface area contributed by atoms with E-state index in [9.17, 15) is 4.79 Å². The van der Waals surface area contributed by atoms with Gasteiger partial charge in [0.15, 0.2) is 0 Å². The molecule has 4 heteroatoms. The Hall–Kier alpha value is -2.33. The molecule has 1 amide bonds. The van der Waals surface area contributed by atoms with Crippen molar-refractivity contribution in [3.05, 3.63) is 71.8 Å². The van der Waals surface area contributed by atoms with Gasteiger partial charge in [-0.1, -0.05) is 60.7 Å². The Morgan fingerprint density at radius 1 is 1.11 bits per heavy atom. The minimum atomic E-state index is -0.520. The zero-order valence-electron chi connectivity index (χ0n) is 16.7. The second-order valence-electron chi connectivity index (χ2n) is 8.40. The number of hydrogen-bond acceptors (Lipinski definition) is 3. The van der Waals surface area contributed by atoms with Crippen LogP contribution in [0.4, 0.5) is 4.79 Å². The third-order valence-electron chi connectivity index (χ3n) is 5.32. The van der Waals surface area contributed by atoms with Crippen LogP contribution in [-0.4, -0.2) is 42.3 Å². The first-order valence-electron chi connectivity index (χ1n) is 9.58. The van der Waals surface area contributed by atoms with Gasteiger partial charge in [-0.2, -0.15) is 0 Å². The third kappa shape index (κ3) is 4.33. The Morgan fingerprint density at radius 2 is 1.70 bits per heavy atom. The van der Waals surface area contributed by atoms with E-state index in [1.807, 2.05) is 44.9 Å². The van der Waals surface area contributed by atoms with E-state index in [2.05, 4.69) is 53.8 Å². The van der Waals surface area contributed by atoms with Crippen LogP contribution < -0.4 is 5.32 Å². The fourth-order valence-corrected chi connectivity index (χ4v) is 3.98. The van der Waals surface area contributed by atoms with Gasteiger partial charge in [-0.25, -0.2) is 4.79 Å². The van der Waals surface area contributed by atoms with Crippen LogP contribution in [0.2, 0.25) is 0 Å². The molecule has 27 heavy (non-hydrogen) atoms. The van der Waals surface area contributed by atoms with E-state index in [0.29, 0.717) is 0 Å². The highest BCUT2D eigenvalue weighted by Crippen LogP contribution is 2.39. The number of nitrogens with zero attached hydrogens (tertiary/aromatic N) is 1. The molecule has 3 rings (SSSR count). The Kier molecular flexibility index (Phi) is 5.56. The van der Waals surface area contributed by atoms with Gasteiger partial charge in [0, 0.05) is 26.1 Å². The summed E-state index contributed by atoms with van der Waals surface area (Å²) in [7, 11) is 1.87. The van der Waals surface area contributed by atoms with Gasteiger partial charge in [0.25, 0.3) is 0 Å². The zero-order valence-corrected chi connectivity index (χ0v) is 16.7. The topological polar surface area (TPSA) is 41.6 Å². The van der Waals surface area contributed by atoms with Crippen molar-refractivity contribution in [3.8, 4) is 0 Å². The van der Waals surface area contributed by atoms with Crippen molar-refractivity contribution in [1.82, 2.24) is 10.2 Å². The number of amides is 1. The quantitative estimate of drug-likeness (QED) is 0.881. The van der Waals surface area contributed by atoms with E-state index in [1.54, 1.807) is 0 Å². The fraction of sp³-hybridized carbons (Fsp3) is 0.435. The van der Waals surface area contributed by atoms with Crippen molar-refractivity contribution < 1.29 is 9.53 Å². The average molecular weight is 367 g/mol. The minimum absolute atomic E-state index is 0.191. The maximum Gasteiger partial charge on any atom is 0.410 e. The Morgan fingerprint density at radius 3 is 2.30 bits per heavy atom. The molecule has 0 spiro atoms. The lowest BCUT2D eigenvalue weighted by Crippen LogP contribution is -2.56. The molecule has 0 bridgehead atoms. The van der Waals surface area contributed by atoms with Crippen LogP contribution in [0, 0.1) is 0 Å². The van der Waals surface area contributed by atoms with Crippen LogP contribution >= 0.6 is 0 Å². The molecular formula is C23H30N2O2. The van der Waals surface area contributed by atoms with E-state index < -0.39 is 5.60 Å². The highest BCUT2D eigenvalue weighted by molar-refractivity contribution is 5.69. The van der Waals surface area contributed by atoms with Crippen molar-refractivity contribution in [2.45, 2.75) is 44.2 Å². The lowest BCUT2D eigenvalue weighted by Gasteiger charge is -2.43. The average Bonchev–Trinajstić information content (AvgIpc) is 3.06. The summed E-state index contributed by atoms with van der Waals surface area (Å²) in [6.45, 7) is 7.29. The molecule has 144 valence electrons. The second-order valence-corrected chi connectivity index (χ2v) is 8.40. The smallest absolute Gasteiger partial charge is 0.410 e. The molecule has 2 aromatic carbocycles. The molecule has 1 N–H and O–H groups in total. The molecule has 2 atom stereocenters. The summed E-state index contributed by atoms with van der Waals surface area (Å²) in [6, 6.07) is 20.9. The predicted octanol–water partition coefficient (Wildman–Crippen LogP) is 4.22. The molecule has 2 aromatic rings. The van der Waals surface area contributed by atoms with E-state index >= 15 is 0 Å². The van der Waals surface area contributed by atoms with E-state index in [0.717, 1.165) is 19.5 Å². The number of carbonyl (C=O) groups is 1. The first-order chi connectivity index (χ1) is 12.8. The highest BCUT2D eigenvalue weighted by Gasteiger charge is 2.49. The number of carbonyl (C=O) groups excluding carboxylic acids is 1. The van der Waals surface area contributed by atoms with Gasteiger partial charge >= 0.3 is 6.09 Å². The van der Waals surface area contributed by atoms with E-state index in [4.69, 9.17) is 4.74 Å². The van der Waals surface area contributed by atoms with Crippen LogP contribution in [0.1, 0.15) is 37.8 Å². The molecule has 0 aromatic heterocycles. The number of benzene rings is 2. The number of hydrogen-bond donors (Lipinski definition) is 1. The minimum Gasteiger partial charge on any atom is -0.444 e. The van der Waals surface area contributed by atoms with Crippen LogP contribution in [0.3, 0.4) is 0 Å². The first kappa shape index (κ1) is 19.4. The van der Waals surface area contributed by atoms with Crippen LogP contribution in [-0.2, 0) is 11.2 Å². The zero-order chi connectivity index (χ0) is 19.5. The van der Waals surface area contributed by atoms with E-state index in [-0.39, 0.29) is 17.6 Å². The second kappa shape index (κ2) is 7.73. The lowest BCUT2D eigenvalue weighted by molar-refractivity contribution is 0.00512. The summed E-state index contributed by atoms with van der Waals surface area (Å²) in [5, 5.41) is 3.53. The van der Waals surface area contributed by atoms with Gasteiger partial charge in [-0.15, -0.1) is 0 Å². The lowest BCUT2D eigenvalue weighted by atomic mass is 9.76. The van der Waals surface area contributed by atoms with Gasteiger partial charge in [-0.3, -0.25) is 0 Å². The molecule has 1 saturated heterocycles. The summed E-state index contributed by atoms with van der Waals surface area (Å²) in [5.74, 6) is 0.191.